The van der Waals surface area contributed by atoms with Gasteiger partial charge in [0.25, 0.3) is 0 Å². The standard InChI is InChI=1S/C23H21NO4S/c25-22(26)13-15(12-16-6-5-11-29-16)24-23(27)28-14-21-19-9-3-1-7-17(19)18-8-2-4-10-20(18)21/h1-11,15,21H,12-14H2,(H,24,27)(H,25,26)/t15-/m1/s1. The molecule has 1 atom stereocenters. The molecule has 0 spiro atoms. The Hall–Kier alpha value is -3.12. The van der Waals surface area contributed by atoms with Crippen LogP contribution in [-0.4, -0.2) is 29.8 Å². The number of hydrogen-bond acceptors (Lipinski definition) is 4. The largest absolute Gasteiger partial charge is 0.481 e. The van der Waals surface area contributed by atoms with Crippen LogP contribution in [-0.2, 0) is 16.0 Å². The maximum Gasteiger partial charge on any atom is 0.407 e. The van der Waals surface area contributed by atoms with E-state index in [9.17, 15) is 9.59 Å². The van der Waals surface area contributed by atoms with E-state index in [4.69, 9.17) is 9.84 Å². The normalized spacial score (nSPS) is 13.4. The van der Waals surface area contributed by atoms with Crippen LogP contribution in [0.5, 0.6) is 0 Å². The molecule has 2 aromatic carbocycles. The lowest BCUT2D eigenvalue weighted by atomic mass is 9.98. The Morgan fingerprint density at radius 2 is 1.66 bits per heavy atom. The predicted molar refractivity (Wildman–Crippen MR) is 112 cm³/mol. The molecule has 1 amide bonds. The third-order valence-electron chi connectivity index (χ3n) is 5.11. The lowest BCUT2D eigenvalue weighted by molar-refractivity contribution is -0.137. The third kappa shape index (κ3) is 4.32. The molecule has 29 heavy (non-hydrogen) atoms. The molecule has 5 nitrogen and oxygen atoms in total. The molecular weight excluding hydrogens is 386 g/mol. The topological polar surface area (TPSA) is 75.6 Å². The van der Waals surface area contributed by atoms with Gasteiger partial charge in [0.15, 0.2) is 0 Å². The van der Waals surface area contributed by atoms with E-state index in [-0.39, 0.29) is 18.9 Å². The molecule has 4 rings (SSSR count). The highest BCUT2D eigenvalue weighted by molar-refractivity contribution is 7.09. The van der Waals surface area contributed by atoms with Gasteiger partial charge in [0, 0.05) is 23.3 Å². The SMILES string of the molecule is O=C(O)C[C@@H](Cc1cccs1)NC(=O)OCC1c2ccccc2-c2ccccc21. The fraction of sp³-hybridized carbons (Fsp3) is 0.217. The lowest BCUT2D eigenvalue weighted by Crippen LogP contribution is -2.38. The molecule has 2 N–H and O–H groups in total. The number of fused-ring (bicyclic) bond motifs is 3. The summed E-state index contributed by atoms with van der Waals surface area (Å²) in [6.45, 7) is 0.207. The number of nitrogens with one attached hydrogen (secondary N) is 1. The van der Waals surface area contributed by atoms with Crippen molar-refractivity contribution in [3.63, 3.8) is 0 Å². The van der Waals surface area contributed by atoms with Gasteiger partial charge in [-0.15, -0.1) is 11.3 Å². The maximum absolute atomic E-state index is 12.4. The molecule has 148 valence electrons. The van der Waals surface area contributed by atoms with Crippen molar-refractivity contribution in [1.82, 2.24) is 5.32 Å². The van der Waals surface area contributed by atoms with Crippen molar-refractivity contribution < 1.29 is 19.4 Å². The highest BCUT2D eigenvalue weighted by Crippen LogP contribution is 2.44. The van der Waals surface area contributed by atoms with Crippen LogP contribution in [0.1, 0.15) is 28.3 Å². The fourth-order valence-corrected chi connectivity index (χ4v) is 4.65. The second kappa shape index (κ2) is 8.49. The minimum Gasteiger partial charge on any atom is -0.481 e. The van der Waals surface area contributed by atoms with Gasteiger partial charge < -0.3 is 15.2 Å². The van der Waals surface area contributed by atoms with E-state index in [1.54, 1.807) is 0 Å². The van der Waals surface area contributed by atoms with Crippen molar-refractivity contribution in [1.29, 1.82) is 0 Å². The van der Waals surface area contributed by atoms with Crippen molar-refractivity contribution in [3.8, 4) is 11.1 Å². The molecular formula is C23H21NO4S. The van der Waals surface area contributed by atoms with E-state index in [1.165, 1.54) is 22.5 Å². The molecule has 0 saturated heterocycles. The Morgan fingerprint density at radius 3 is 2.24 bits per heavy atom. The number of carboxylic acid groups (broad SMARTS) is 1. The number of carboxylic acids is 1. The summed E-state index contributed by atoms with van der Waals surface area (Å²) in [5.74, 6) is -0.978. The van der Waals surface area contributed by atoms with Gasteiger partial charge in [0.05, 0.1) is 6.42 Å². The first kappa shape index (κ1) is 19.2. The molecule has 1 aromatic heterocycles. The van der Waals surface area contributed by atoms with E-state index >= 15 is 0 Å². The van der Waals surface area contributed by atoms with E-state index in [1.807, 2.05) is 41.8 Å². The summed E-state index contributed by atoms with van der Waals surface area (Å²) >= 11 is 1.54. The number of hydrogen-bond donors (Lipinski definition) is 2. The Bertz CT molecular complexity index is 970. The minimum atomic E-state index is -0.953. The number of alkyl carbamates (subject to hydrolysis) is 1. The van der Waals surface area contributed by atoms with Gasteiger partial charge in [-0.2, -0.15) is 0 Å². The van der Waals surface area contributed by atoms with Crippen molar-refractivity contribution in [3.05, 3.63) is 82.0 Å². The van der Waals surface area contributed by atoms with E-state index in [0.29, 0.717) is 6.42 Å². The molecule has 0 radical (unpaired) electrons. The highest BCUT2D eigenvalue weighted by atomic mass is 32.1. The van der Waals surface area contributed by atoms with Crippen molar-refractivity contribution >= 4 is 23.4 Å². The van der Waals surface area contributed by atoms with Gasteiger partial charge in [0.1, 0.15) is 6.61 Å². The molecule has 6 heteroatoms. The fourth-order valence-electron chi connectivity index (χ4n) is 3.86. The van der Waals surface area contributed by atoms with E-state index in [2.05, 4.69) is 29.6 Å². The summed E-state index contributed by atoms with van der Waals surface area (Å²) in [4.78, 5) is 24.6. The number of ether oxygens (including phenoxy) is 1. The van der Waals surface area contributed by atoms with Crippen LogP contribution in [0, 0.1) is 0 Å². The number of carbonyl (C=O) groups is 2. The average molecular weight is 407 g/mol. The average Bonchev–Trinajstić information content (AvgIpc) is 3.32. The summed E-state index contributed by atoms with van der Waals surface area (Å²) < 4.78 is 5.53. The molecule has 3 aromatic rings. The lowest BCUT2D eigenvalue weighted by Gasteiger charge is -2.18. The summed E-state index contributed by atoms with van der Waals surface area (Å²) in [5.41, 5.74) is 4.61. The molecule has 1 aliphatic rings. The second-order valence-electron chi connectivity index (χ2n) is 7.05. The van der Waals surface area contributed by atoms with Gasteiger partial charge in [-0.05, 0) is 33.7 Å². The summed E-state index contributed by atoms with van der Waals surface area (Å²) in [6.07, 6.45) is -0.273. The van der Waals surface area contributed by atoms with Crippen LogP contribution < -0.4 is 5.32 Å². The number of carbonyl (C=O) groups excluding carboxylic acids is 1. The van der Waals surface area contributed by atoms with Gasteiger partial charge in [-0.25, -0.2) is 4.79 Å². The second-order valence-corrected chi connectivity index (χ2v) is 8.08. The number of rotatable bonds is 7. The Morgan fingerprint density at radius 1 is 1.00 bits per heavy atom. The zero-order valence-electron chi connectivity index (χ0n) is 15.7. The van der Waals surface area contributed by atoms with Crippen LogP contribution in [0.2, 0.25) is 0 Å². The van der Waals surface area contributed by atoms with Gasteiger partial charge in [-0.1, -0.05) is 54.6 Å². The van der Waals surface area contributed by atoms with E-state index in [0.717, 1.165) is 16.0 Å². The van der Waals surface area contributed by atoms with Crippen LogP contribution in [0.15, 0.2) is 66.0 Å². The minimum absolute atomic E-state index is 0.0247. The Labute approximate surface area is 173 Å². The Balaban J connectivity index is 1.43. The number of aliphatic carboxylic acids is 1. The molecule has 0 unspecified atom stereocenters. The van der Waals surface area contributed by atoms with Crippen LogP contribution in [0.3, 0.4) is 0 Å². The predicted octanol–water partition coefficient (Wildman–Crippen LogP) is 4.67. The quantitative estimate of drug-likeness (QED) is 0.597. The molecule has 0 aliphatic heterocycles. The van der Waals surface area contributed by atoms with Gasteiger partial charge >= 0.3 is 12.1 Å². The van der Waals surface area contributed by atoms with Gasteiger partial charge in [0.2, 0.25) is 0 Å². The first-order valence-corrected chi connectivity index (χ1v) is 10.4. The highest BCUT2D eigenvalue weighted by Gasteiger charge is 2.29. The molecule has 1 heterocycles. The molecule has 0 fully saturated rings. The van der Waals surface area contributed by atoms with Gasteiger partial charge in [-0.3, -0.25) is 4.79 Å². The summed E-state index contributed by atoms with van der Waals surface area (Å²) in [6, 6.07) is 19.6. The zero-order chi connectivity index (χ0) is 20.2. The van der Waals surface area contributed by atoms with Crippen LogP contribution in [0.4, 0.5) is 4.79 Å². The maximum atomic E-state index is 12.4. The first-order valence-electron chi connectivity index (χ1n) is 9.47. The van der Waals surface area contributed by atoms with E-state index < -0.39 is 18.1 Å². The van der Waals surface area contributed by atoms with Crippen molar-refractivity contribution in [2.24, 2.45) is 0 Å². The molecule has 0 bridgehead atoms. The Kier molecular flexibility index (Phi) is 5.62. The number of amides is 1. The zero-order valence-corrected chi connectivity index (χ0v) is 16.5. The number of thiophene rings is 1. The van der Waals surface area contributed by atoms with Crippen LogP contribution >= 0.6 is 11.3 Å². The molecule has 0 saturated carbocycles. The third-order valence-corrected chi connectivity index (χ3v) is 6.01. The summed E-state index contributed by atoms with van der Waals surface area (Å²) in [5, 5.41) is 13.8. The smallest absolute Gasteiger partial charge is 0.407 e. The summed E-state index contributed by atoms with van der Waals surface area (Å²) in [7, 11) is 0. The molecule has 1 aliphatic carbocycles. The number of benzene rings is 2. The first-order chi connectivity index (χ1) is 14.1. The van der Waals surface area contributed by atoms with Crippen molar-refractivity contribution in [2.45, 2.75) is 24.8 Å². The van der Waals surface area contributed by atoms with Crippen LogP contribution in [0.25, 0.3) is 11.1 Å². The monoisotopic (exact) mass is 407 g/mol. The van der Waals surface area contributed by atoms with Crippen molar-refractivity contribution in [2.75, 3.05) is 6.61 Å².